The molecule has 1 fully saturated rings. The number of carbonyl (C=O) groups excluding carboxylic acids is 1. The molecule has 5 rings (SSSR count). The van der Waals surface area contributed by atoms with Gasteiger partial charge >= 0.3 is 0 Å². The minimum Gasteiger partial charge on any atom is -0.297 e. The summed E-state index contributed by atoms with van der Waals surface area (Å²) in [6, 6.07) is 26.5. The van der Waals surface area contributed by atoms with E-state index < -0.39 is 0 Å². The molecule has 0 aliphatic carbocycles. The summed E-state index contributed by atoms with van der Waals surface area (Å²) in [5.41, 5.74) is 5.44. The minimum absolute atomic E-state index is 0.0223. The van der Waals surface area contributed by atoms with Crippen LogP contribution in [-0.4, -0.2) is 59.2 Å². The average molecular weight is 487 g/mol. The Hall–Kier alpha value is -2.99. The molecule has 0 saturated carbocycles. The second-order valence-electron chi connectivity index (χ2n) is 9.43. The maximum atomic E-state index is 13.5. The zero-order valence-electron chi connectivity index (χ0n) is 20.1. The van der Waals surface area contributed by atoms with Crippen LogP contribution in [0.25, 0.3) is 0 Å². The van der Waals surface area contributed by atoms with Crippen molar-refractivity contribution >= 4 is 23.2 Å². The van der Waals surface area contributed by atoms with Gasteiger partial charge in [-0.3, -0.25) is 14.6 Å². The predicted molar refractivity (Wildman–Crippen MR) is 142 cm³/mol. The molecule has 0 spiro atoms. The maximum absolute atomic E-state index is 13.5. The molecule has 0 aromatic heterocycles. The van der Waals surface area contributed by atoms with Crippen LogP contribution < -0.4 is 0 Å². The van der Waals surface area contributed by atoms with E-state index in [-0.39, 0.29) is 11.9 Å². The fraction of sp³-hybridized carbons (Fsp3) is 0.310. The van der Waals surface area contributed by atoms with Crippen LogP contribution >= 0.6 is 11.6 Å². The quantitative estimate of drug-likeness (QED) is 0.484. The molecule has 3 aromatic rings. The van der Waals surface area contributed by atoms with Gasteiger partial charge in [0.2, 0.25) is 0 Å². The molecule has 0 radical (unpaired) electrons. The van der Waals surface area contributed by atoms with Crippen molar-refractivity contribution in [3.8, 4) is 0 Å². The van der Waals surface area contributed by atoms with Crippen LogP contribution in [0.3, 0.4) is 0 Å². The van der Waals surface area contributed by atoms with E-state index >= 15 is 0 Å². The Kier molecular flexibility index (Phi) is 7.28. The summed E-state index contributed by atoms with van der Waals surface area (Å²) in [5, 5.41) is 7.19. The van der Waals surface area contributed by atoms with Gasteiger partial charge in [0.25, 0.3) is 5.91 Å². The number of carbonyl (C=O) groups is 1. The number of hydrogen-bond donors (Lipinski definition) is 0. The van der Waals surface area contributed by atoms with Crippen LogP contribution in [-0.2, 0) is 11.3 Å². The van der Waals surface area contributed by atoms with E-state index in [1.807, 2.05) is 36.4 Å². The van der Waals surface area contributed by atoms with Gasteiger partial charge < -0.3 is 0 Å². The van der Waals surface area contributed by atoms with Gasteiger partial charge in [0.15, 0.2) is 0 Å². The molecule has 5 nitrogen and oxygen atoms in total. The van der Waals surface area contributed by atoms with Crippen LogP contribution in [0.1, 0.15) is 34.7 Å². The molecule has 180 valence electrons. The van der Waals surface area contributed by atoms with Gasteiger partial charge in [-0.05, 0) is 29.7 Å². The van der Waals surface area contributed by atoms with Crippen molar-refractivity contribution < 1.29 is 4.79 Å². The van der Waals surface area contributed by atoms with Crippen molar-refractivity contribution in [3.63, 3.8) is 0 Å². The van der Waals surface area contributed by atoms with Crippen molar-refractivity contribution in [2.75, 3.05) is 32.7 Å². The van der Waals surface area contributed by atoms with E-state index in [9.17, 15) is 4.79 Å². The van der Waals surface area contributed by atoms with E-state index in [0.717, 1.165) is 49.6 Å². The third-order valence-corrected chi connectivity index (χ3v) is 7.20. The summed E-state index contributed by atoms with van der Waals surface area (Å²) >= 11 is 6.56. The number of amides is 1. The van der Waals surface area contributed by atoms with Gasteiger partial charge in [-0.25, -0.2) is 5.01 Å². The number of rotatable bonds is 6. The molecule has 2 aliphatic heterocycles. The summed E-state index contributed by atoms with van der Waals surface area (Å²) < 4.78 is 0. The van der Waals surface area contributed by atoms with E-state index in [0.29, 0.717) is 18.0 Å². The van der Waals surface area contributed by atoms with Gasteiger partial charge in [-0.15, -0.1) is 0 Å². The van der Waals surface area contributed by atoms with Gasteiger partial charge in [0.05, 0.1) is 18.3 Å². The zero-order valence-corrected chi connectivity index (χ0v) is 20.9. The molecule has 0 N–H and O–H groups in total. The Morgan fingerprint density at radius 3 is 2.37 bits per heavy atom. The van der Waals surface area contributed by atoms with Crippen molar-refractivity contribution in [3.05, 3.63) is 106 Å². The summed E-state index contributed by atoms with van der Waals surface area (Å²) in [6.45, 7) is 7.04. The SMILES string of the molecule is Cc1cccc(C2=NN(C(=O)CN3CCN(Cc4ccccc4)CC3)[C@@H](c3ccccc3Cl)C2)c1. The van der Waals surface area contributed by atoms with Crippen LogP contribution in [0.15, 0.2) is 84.0 Å². The monoisotopic (exact) mass is 486 g/mol. The van der Waals surface area contributed by atoms with Crippen molar-refractivity contribution in [1.82, 2.24) is 14.8 Å². The van der Waals surface area contributed by atoms with Crippen molar-refractivity contribution in [1.29, 1.82) is 0 Å². The molecule has 1 atom stereocenters. The number of halogens is 1. The number of hydrazone groups is 1. The van der Waals surface area contributed by atoms with Crippen molar-refractivity contribution in [2.24, 2.45) is 5.10 Å². The standard InChI is InChI=1S/C29H31ClN4O/c1-22-8-7-11-24(18-22)27-19-28(25-12-5-6-13-26(25)30)34(31-27)29(35)21-33-16-14-32(15-17-33)20-23-9-3-2-4-10-23/h2-13,18,28H,14-17,19-21H2,1H3/t28-/m1/s1. The number of piperazine rings is 1. The molecule has 2 aliphatic rings. The topological polar surface area (TPSA) is 39.2 Å². The number of hydrogen-bond acceptors (Lipinski definition) is 4. The maximum Gasteiger partial charge on any atom is 0.257 e. The van der Waals surface area contributed by atoms with Gasteiger partial charge in [0, 0.05) is 44.2 Å². The summed E-state index contributed by atoms with van der Waals surface area (Å²) in [6.07, 6.45) is 0.657. The third-order valence-electron chi connectivity index (χ3n) is 6.85. The Balaban J connectivity index is 1.28. The van der Waals surface area contributed by atoms with Gasteiger partial charge in [-0.1, -0.05) is 90.0 Å². The number of nitrogens with zero attached hydrogens (tertiary/aromatic N) is 4. The third kappa shape index (κ3) is 5.64. The predicted octanol–water partition coefficient (Wildman–Crippen LogP) is 5.14. The van der Waals surface area contributed by atoms with Crippen LogP contribution in [0.2, 0.25) is 5.02 Å². The Labute approximate surface area is 212 Å². The average Bonchev–Trinajstić information content (AvgIpc) is 3.32. The highest BCUT2D eigenvalue weighted by Crippen LogP contribution is 2.36. The summed E-state index contributed by atoms with van der Waals surface area (Å²) in [4.78, 5) is 18.2. The highest BCUT2D eigenvalue weighted by Gasteiger charge is 2.35. The van der Waals surface area contributed by atoms with Gasteiger partial charge in [0.1, 0.15) is 0 Å². The second-order valence-corrected chi connectivity index (χ2v) is 9.84. The van der Waals surface area contributed by atoms with E-state index in [4.69, 9.17) is 16.7 Å². The lowest BCUT2D eigenvalue weighted by molar-refractivity contribution is -0.134. The lowest BCUT2D eigenvalue weighted by atomic mass is 9.97. The minimum atomic E-state index is -0.189. The second kappa shape index (κ2) is 10.7. The Bertz CT molecular complexity index is 1200. The highest BCUT2D eigenvalue weighted by molar-refractivity contribution is 6.31. The normalized spacial score (nSPS) is 19.1. The summed E-state index contributed by atoms with van der Waals surface area (Å²) in [5.74, 6) is 0.0223. The molecular weight excluding hydrogens is 456 g/mol. The molecule has 0 unspecified atom stereocenters. The molecule has 35 heavy (non-hydrogen) atoms. The lowest BCUT2D eigenvalue weighted by Crippen LogP contribution is -2.49. The first-order valence-corrected chi connectivity index (χ1v) is 12.6. The molecule has 3 aromatic carbocycles. The van der Waals surface area contributed by atoms with Crippen molar-refractivity contribution in [2.45, 2.75) is 25.9 Å². The number of aryl methyl sites for hydroxylation is 1. The molecule has 2 heterocycles. The Morgan fingerprint density at radius 2 is 1.63 bits per heavy atom. The Morgan fingerprint density at radius 1 is 0.914 bits per heavy atom. The van der Waals surface area contributed by atoms with Crippen LogP contribution in [0.5, 0.6) is 0 Å². The highest BCUT2D eigenvalue weighted by atomic mass is 35.5. The van der Waals surface area contributed by atoms with E-state index in [1.165, 1.54) is 11.1 Å². The van der Waals surface area contributed by atoms with E-state index in [2.05, 4.69) is 59.2 Å². The molecule has 1 amide bonds. The first kappa shape index (κ1) is 23.7. The fourth-order valence-electron chi connectivity index (χ4n) is 4.94. The molecular formula is C29H31ClN4O. The molecule has 6 heteroatoms. The van der Waals surface area contributed by atoms with Crippen LogP contribution in [0, 0.1) is 6.92 Å². The van der Waals surface area contributed by atoms with Crippen LogP contribution in [0.4, 0.5) is 0 Å². The largest absolute Gasteiger partial charge is 0.297 e. The number of benzene rings is 3. The van der Waals surface area contributed by atoms with E-state index in [1.54, 1.807) is 5.01 Å². The van der Waals surface area contributed by atoms with Gasteiger partial charge in [-0.2, -0.15) is 5.10 Å². The molecule has 1 saturated heterocycles. The lowest BCUT2D eigenvalue weighted by Gasteiger charge is -2.35. The fourth-order valence-corrected chi connectivity index (χ4v) is 5.20. The smallest absolute Gasteiger partial charge is 0.257 e. The first-order valence-electron chi connectivity index (χ1n) is 12.3. The molecule has 0 bridgehead atoms. The summed E-state index contributed by atoms with van der Waals surface area (Å²) in [7, 11) is 0. The zero-order chi connectivity index (χ0) is 24.2. The first-order chi connectivity index (χ1) is 17.1.